The number of rotatable bonds is 4. The molecule has 2 aromatic carbocycles. The third kappa shape index (κ3) is 3.08. The minimum Gasteiger partial charge on any atom is -0.457 e. The van der Waals surface area contributed by atoms with Crippen LogP contribution in [0.2, 0.25) is 0 Å². The first-order valence-corrected chi connectivity index (χ1v) is 5.65. The average Bonchev–Trinajstić information content (AvgIpc) is 2.40. The fourth-order valence-electron chi connectivity index (χ4n) is 1.57. The molecule has 0 aliphatic rings. The Bertz CT molecular complexity index is 448. The third-order valence-corrected chi connectivity index (χ3v) is 2.68. The summed E-state index contributed by atoms with van der Waals surface area (Å²) in [7, 11) is 1.71. The summed E-state index contributed by atoms with van der Waals surface area (Å²) in [6.45, 7) is 2.02. The average molecular weight is 228 g/mol. The highest BCUT2D eigenvalue weighted by molar-refractivity contribution is 5.33. The summed E-state index contributed by atoms with van der Waals surface area (Å²) in [6, 6.07) is 17.7. The Morgan fingerprint density at radius 1 is 0.824 bits per heavy atom. The van der Waals surface area contributed by atoms with Crippen LogP contribution in [-0.2, 0) is 4.74 Å². The number of para-hydroxylation sites is 1. The van der Waals surface area contributed by atoms with Crippen LogP contribution < -0.4 is 4.74 Å². The third-order valence-electron chi connectivity index (χ3n) is 2.68. The van der Waals surface area contributed by atoms with Crippen LogP contribution in [0.4, 0.5) is 0 Å². The highest BCUT2D eigenvalue weighted by Crippen LogP contribution is 2.23. The minimum absolute atomic E-state index is 0.112. The van der Waals surface area contributed by atoms with Gasteiger partial charge in [-0.15, -0.1) is 0 Å². The Morgan fingerprint density at radius 3 is 2.00 bits per heavy atom. The van der Waals surface area contributed by atoms with Crippen LogP contribution >= 0.6 is 0 Å². The monoisotopic (exact) mass is 228 g/mol. The Hall–Kier alpha value is -1.80. The van der Waals surface area contributed by atoms with Crippen LogP contribution in [0.1, 0.15) is 18.6 Å². The molecule has 0 saturated heterocycles. The van der Waals surface area contributed by atoms with Crippen LogP contribution in [0.5, 0.6) is 11.5 Å². The molecule has 0 amide bonds. The maximum Gasteiger partial charge on any atom is 0.127 e. The second-order valence-electron chi connectivity index (χ2n) is 3.86. The SMILES string of the molecule is COC(C)c1ccc(Oc2ccccc2)cc1. The number of benzene rings is 2. The Labute approximate surface area is 102 Å². The lowest BCUT2D eigenvalue weighted by Crippen LogP contribution is -1.95. The summed E-state index contributed by atoms with van der Waals surface area (Å²) >= 11 is 0. The molecule has 0 aromatic heterocycles. The normalized spacial score (nSPS) is 12.1. The Balaban J connectivity index is 2.08. The van der Waals surface area contributed by atoms with E-state index in [0.717, 1.165) is 17.1 Å². The van der Waals surface area contributed by atoms with Gasteiger partial charge in [0.15, 0.2) is 0 Å². The zero-order valence-corrected chi connectivity index (χ0v) is 10.1. The lowest BCUT2D eigenvalue weighted by Gasteiger charge is -2.11. The van der Waals surface area contributed by atoms with Crippen molar-refractivity contribution in [1.82, 2.24) is 0 Å². The largest absolute Gasteiger partial charge is 0.457 e. The van der Waals surface area contributed by atoms with Crippen LogP contribution in [-0.4, -0.2) is 7.11 Å². The highest BCUT2D eigenvalue weighted by atomic mass is 16.5. The molecule has 0 fully saturated rings. The zero-order chi connectivity index (χ0) is 12.1. The molecule has 0 saturated carbocycles. The van der Waals surface area contributed by atoms with Gasteiger partial charge in [0.25, 0.3) is 0 Å². The molecule has 0 heterocycles. The van der Waals surface area contributed by atoms with Gasteiger partial charge in [0.1, 0.15) is 11.5 Å². The van der Waals surface area contributed by atoms with Gasteiger partial charge < -0.3 is 9.47 Å². The number of hydrogen-bond donors (Lipinski definition) is 0. The quantitative estimate of drug-likeness (QED) is 0.781. The van der Waals surface area contributed by atoms with E-state index in [1.54, 1.807) is 7.11 Å². The van der Waals surface area contributed by atoms with E-state index >= 15 is 0 Å². The van der Waals surface area contributed by atoms with Crippen molar-refractivity contribution in [2.75, 3.05) is 7.11 Å². The van der Waals surface area contributed by atoms with Crippen molar-refractivity contribution in [3.8, 4) is 11.5 Å². The Morgan fingerprint density at radius 2 is 1.41 bits per heavy atom. The van der Waals surface area contributed by atoms with Crippen molar-refractivity contribution >= 4 is 0 Å². The molecule has 1 atom stereocenters. The van der Waals surface area contributed by atoms with E-state index in [2.05, 4.69) is 0 Å². The van der Waals surface area contributed by atoms with Crippen molar-refractivity contribution in [3.63, 3.8) is 0 Å². The molecule has 17 heavy (non-hydrogen) atoms. The van der Waals surface area contributed by atoms with Gasteiger partial charge in [0.05, 0.1) is 6.10 Å². The first-order chi connectivity index (χ1) is 8.29. The molecule has 0 spiro atoms. The molecule has 0 aliphatic carbocycles. The maximum atomic E-state index is 5.71. The molecule has 0 N–H and O–H groups in total. The number of methoxy groups -OCH3 is 1. The molecule has 0 radical (unpaired) electrons. The van der Waals surface area contributed by atoms with Gasteiger partial charge in [0, 0.05) is 7.11 Å². The van der Waals surface area contributed by atoms with E-state index in [4.69, 9.17) is 9.47 Å². The molecule has 2 heteroatoms. The first kappa shape index (κ1) is 11.7. The fraction of sp³-hybridized carbons (Fsp3) is 0.200. The molecular formula is C15H16O2. The molecule has 0 aliphatic heterocycles. The van der Waals surface area contributed by atoms with Gasteiger partial charge >= 0.3 is 0 Å². The van der Waals surface area contributed by atoms with Crippen LogP contribution in [0, 0.1) is 0 Å². The molecular weight excluding hydrogens is 212 g/mol. The maximum absolute atomic E-state index is 5.71. The van der Waals surface area contributed by atoms with Gasteiger partial charge in [-0.05, 0) is 36.8 Å². The van der Waals surface area contributed by atoms with E-state index in [0.29, 0.717) is 0 Å². The smallest absolute Gasteiger partial charge is 0.127 e. The van der Waals surface area contributed by atoms with Crippen molar-refractivity contribution in [1.29, 1.82) is 0 Å². The van der Waals surface area contributed by atoms with E-state index in [-0.39, 0.29) is 6.10 Å². The highest BCUT2D eigenvalue weighted by Gasteiger charge is 2.03. The van der Waals surface area contributed by atoms with Gasteiger partial charge in [-0.1, -0.05) is 30.3 Å². The van der Waals surface area contributed by atoms with E-state index in [1.807, 2.05) is 61.5 Å². The molecule has 2 aromatic rings. The molecule has 88 valence electrons. The molecule has 1 unspecified atom stereocenters. The topological polar surface area (TPSA) is 18.5 Å². The van der Waals surface area contributed by atoms with Gasteiger partial charge in [-0.3, -0.25) is 0 Å². The van der Waals surface area contributed by atoms with Crippen LogP contribution in [0.25, 0.3) is 0 Å². The lowest BCUT2D eigenvalue weighted by atomic mass is 10.1. The molecule has 0 bridgehead atoms. The Kier molecular flexibility index (Phi) is 3.78. The van der Waals surface area contributed by atoms with Gasteiger partial charge in [-0.25, -0.2) is 0 Å². The predicted octanol–water partition coefficient (Wildman–Crippen LogP) is 4.19. The predicted molar refractivity (Wildman–Crippen MR) is 68.4 cm³/mol. The zero-order valence-electron chi connectivity index (χ0n) is 10.1. The van der Waals surface area contributed by atoms with E-state index in [1.165, 1.54) is 0 Å². The summed E-state index contributed by atoms with van der Waals surface area (Å²) in [5.74, 6) is 1.68. The molecule has 2 nitrogen and oxygen atoms in total. The van der Waals surface area contributed by atoms with E-state index < -0.39 is 0 Å². The molecule has 2 rings (SSSR count). The summed E-state index contributed by atoms with van der Waals surface area (Å²) in [5, 5.41) is 0. The summed E-state index contributed by atoms with van der Waals surface area (Å²) in [4.78, 5) is 0. The fourth-order valence-corrected chi connectivity index (χ4v) is 1.57. The first-order valence-electron chi connectivity index (χ1n) is 5.65. The van der Waals surface area contributed by atoms with Crippen molar-refractivity contribution in [2.24, 2.45) is 0 Å². The van der Waals surface area contributed by atoms with Crippen LogP contribution in [0.3, 0.4) is 0 Å². The van der Waals surface area contributed by atoms with Gasteiger partial charge in [0.2, 0.25) is 0 Å². The number of ether oxygens (including phenoxy) is 2. The van der Waals surface area contributed by atoms with Gasteiger partial charge in [-0.2, -0.15) is 0 Å². The van der Waals surface area contributed by atoms with Crippen LogP contribution in [0.15, 0.2) is 54.6 Å². The summed E-state index contributed by atoms with van der Waals surface area (Å²) in [6.07, 6.45) is 0.112. The second-order valence-corrected chi connectivity index (χ2v) is 3.86. The second kappa shape index (κ2) is 5.51. The lowest BCUT2D eigenvalue weighted by molar-refractivity contribution is 0.119. The van der Waals surface area contributed by atoms with E-state index in [9.17, 15) is 0 Å². The summed E-state index contributed by atoms with van der Waals surface area (Å²) < 4.78 is 11.0. The summed E-state index contributed by atoms with van der Waals surface area (Å²) in [5.41, 5.74) is 1.15. The van der Waals surface area contributed by atoms with Crippen molar-refractivity contribution in [2.45, 2.75) is 13.0 Å². The van der Waals surface area contributed by atoms with Crippen molar-refractivity contribution in [3.05, 3.63) is 60.2 Å². The number of hydrogen-bond acceptors (Lipinski definition) is 2. The minimum atomic E-state index is 0.112. The standard InChI is InChI=1S/C15H16O2/c1-12(16-2)13-8-10-15(11-9-13)17-14-6-4-3-5-7-14/h3-12H,1-2H3. The van der Waals surface area contributed by atoms with Crippen molar-refractivity contribution < 1.29 is 9.47 Å².